The summed E-state index contributed by atoms with van der Waals surface area (Å²) in [5, 5.41) is 3.02. The molecule has 0 saturated heterocycles. The van der Waals surface area contributed by atoms with Crippen LogP contribution in [0.1, 0.15) is 20.3 Å². The van der Waals surface area contributed by atoms with Gasteiger partial charge in [-0.15, -0.1) is 0 Å². The molecule has 3 N–H and O–H groups in total. The van der Waals surface area contributed by atoms with Crippen LogP contribution in [-0.4, -0.2) is 6.10 Å². The lowest BCUT2D eigenvalue weighted by Gasteiger charge is -2.14. The molecule has 0 amide bonds. The van der Waals surface area contributed by atoms with Gasteiger partial charge < -0.3 is 15.8 Å². The first kappa shape index (κ1) is 14.2. The minimum atomic E-state index is -0.377. The number of halogens is 1. The molecule has 20 heavy (non-hydrogen) atoms. The Bertz CT molecular complexity index is 586. The van der Waals surface area contributed by atoms with Gasteiger partial charge in [0.25, 0.3) is 0 Å². The van der Waals surface area contributed by atoms with Crippen LogP contribution >= 0.6 is 0 Å². The third-order valence-electron chi connectivity index (χ3n) is 3.02. The molecule has 1 unspecified atom stereocenters. The van der Waals surface area contributed by atoms with Crippen LogP contribution in [0, 0.1) is 5.82 Å². The molecule has 0 aliphatic heterocycles. The molecule has 2 aromatic carbocycles. The molecule has 0 heterocycles. The third kappa shape index (κ3) is 3.63. The van der Waals surface area contributed by atoms with E-state index in [1.54, 1.807) is 12.1 Å². The molecule has 0 aromatic heterocycles. The number of nitrogens with one attached hydrogen (secondary N) is 1. The second-order valence-electron chi connectivity index (χ2n) is 4.73. The summed E-state index contributed by atoms with van der Waals surface area (Å²) in [6, 6.07) is 12.0. The van der Waals surface area contributed by atoms with Crippen molar-refractivity contribution in [3.05, 3.63) is 48.3 Å². The summed E-state index contributed by atoms with van der Waals surface area (Å²) < 4.78 is 19.5. The molecule has 2 aromatic rings. The summed E-state index contributed by atoms with van der Waals surface area (Å²) in [6.07, 6.45) is 1.09. The maximum atomic E-state index is 13.7. The standard InChI is InChI=1S/C16H19FN2O/c1-3-11(2)20-14-6-4-5-13(10-14)19-16-8-7-12(18)9-15(16)17/h4-11,19H,3,18H2,1-2H3. The molecule has 0 spiro atoms. The maximum Gasteiger partial charge on any atom is 0.148 e. The van der Waals surface area contributed by atoms with Gasteiger partial charge in [-0.05, 0) is 43.7 Å². The van der Waals surface area contributed by atoms with Gasteiger partial charge in [-0.2, -0.15) is 0 Å². The Morgan fingerprint density at radius 1 is 1.25 bits per heavy atom. The predicted octanol–water partition coefficient (Wildman–Crippen LogP) is 4.33. The Morgan fingerprint density at radius 3 is 2.75 bits per heavy atom. The highest BCUT2D eigenvalue weighted by Crippen LogP contribution is 2.25. The van der Waals surface area contributed by atoms with Crippen molar-refractivity contribution in [3.8, 4) is 5.75 Å². The van der Waals surface area contributed by atoms with E-state index in [0.717, 1.165) is 17.9 Å². The first-order valence-electron chi connectivity index (χ1n) is 6.67. The van der Waals surface area contributed by atoms with Crippen LogP contribution in [0.3, 0.4) is 0 Å². The highest BCUT2D eigenvalue weighted by molar-refractivity contribution is 5.63. The lowest BCUT2D eigenvalue weighted by molar-refractivity contribution is 0.217. The molecule has 4 heteroatoms. The Balaban J connectivity index is 2.15. The Labute approximate surface area is 118 Å². The lowest BCUT2D eigenvalue weighted by atomic mass is 10.2. The molecule has 2 rings (SSSR count). The molecular formula is C16H19FN2O. The summed E-state index contributed by atoms with van der Waals surface area (Å²) in [5.41, 5.74) is 7.09. The fourth-order valence-electron chi connectivity index (χ4n) is 1.75. The molecule has 0 saturated carbocycles. The fraction of sp³-hybridized carbons (Fsp3) is 0.250. The quantitative estimate of drug-likeness (QED) is 0.798. The number of hydrogen-bond donors (Lipinski definition) is 2. The topological polar surface area (TPSA) is 47.3 Å². The minimum Gasteiger partial charge on any atom is -0.491 e. The summed E-state index contributed by atoms with van der Waals surface area (Å²) in [4.78, 5) is 0. The largest absolute Gasteiger partial charge is 0.491 e. The number of nitrogens with two attached hydrogens (primary N) is 1. The number of rotatable bonds is 5. The monoisotopic (exact) mass is 274 g/mol. The summed E-state index contributed by atoms with van der Waals surface area (Å²) >= 11 is 0. The molecule has 3 nitrogen and oxygen atoms in total. The second-order valence-corrected chi connectivity index (χ2v) is 4.73. The molecule has 0 fully saturated rings. The minimum absolute atomic E-state index is 0.151. The number of nitrogen functional groups attached to an aromatic ring is 1. The van der Waals surface area contributed by atoms with Gasteiger partial charge in [0.05, 0.1) is 11.8 Å². The molecular weight excluding hydrogens is 255 g/mol. The van der Waals surface area contributed by atoms with E-state index < -0.39 is 0 Å². The van der Waals surface area contributed by atoms with E-state index in [4.69, 9.17) is 10.5 Å². The van der Waals surface area contributed by atoms with E-state index in [9.17, 15) is 4.39 Å². The lowest BCUT2D eigenvalue weighted by Crippen LogP contribution is -2.09. The van der Waals surface area contributed by atoms with Gasteiger partial charge in [-0.25, -0.2) is 4.39 Å². The van der Waals surface area contributed by atoms with Gasteiger partial charge in [-0.1, -0.05) is 13.0 Å². The Hall–Kier alpha value is -2.23. The van der Waals surface area contributed by atoms with Crippen molar-refractivity contribution >= 4 is 17.1 Å². The average Bonchev–Trinajstić information content (AvgIpc) is 2.42. The van der Waals surface area contributed by atoms with Crippen LogP contribution in [0.2, 0.25) is 0 Å². The van der Waals surface area contributed by atoms with Crippen molar-refractivity contribution in [2.45, 2.75) is 26.4 Å². The van der Waals surface area contributed by atoms with Crippen LogP contribution < -0.4 is 15.8 Å². The number of hydrogen-bond acceptors (Lipinski definition) is 3. The van der Waals surface area contributed by atoms with Gasteiger partial charge in [0.1, 0.15) is 11.6 Å². The average molecular weight is 274 g/mol. The van der Waals surface area contributed by atoms with Crippen LogP contribution in [0.4, 0.5) is 21.5 Å². The van der Waals surface area contributed by atoms with E-state index in [1.165, 1.54) is 6.07 Å². The van der Waals surface area contributed by atoms with Crippen molar-refractivity contribution in [1.29, 1.82) is 0 Å². The van der Waals surface area contributed by atoms with Crippen molar-refractivity contribution in [2.75, 3.05) is 11.1 Å². The second kappa shape index (κ2) is 6.28. The first-order chi connectivity index (χ1) is 9.58. The van der Waals surface area contributed by atoms with E-state index in [0.29, 0.717) is 11.4 Å². The summed E-state index contributed by atoms with van der Waals surface area (Å²) in [5.74, 6) is 0.387. The van der Waals surface area contributed by atoms with Crippen molar-refractivity contribution in [1.82, 2.24) is 0 Å². The van der Waals surface area contributed by atoms with Crippen LogP contribution in [-0.2, 0) is 0 Å². The van der Waals surface area contributed by atoms with Gasteiger partial charge in [0.2, 0.25) is 0 Å². The Kier molecular flexibility index (Phi) is 4.45. The van der Waals surface area contributed by atoms with Gasteiger partial charge in [-0.3, -0.25) is 0 Å². The molecule has 1 atom stereocenters. The SMILES string of the molecule is CCC(C)Oc1cccc(Nc2ccc(N)cc2F)c1. The summed E-state index contributed by atoms with van der Waals surface area (Å²) in [7, 11) is 0. The normalized spacial score (nSPS) is 11.9. The maximum absolute atomic E-state index is 13.7. The fourth-order valence-corrected chi connectivity index (χ4v) is 1.75. The van der Waals surface area contributed by atoms with Crippen LogP contribution in [0.25, 0.3) is 0 Å². The molecule has 106 valence electrons. The summed E-state index contributed by atoms with van der Waals surface area (Å²) in [6.45, 7) is 4.08. The van der Waals surface area contributed by atoms with E-state index in [-0.39, 0.29) is 11.9 Å². The highest BCUT2D eigenvalue weighted by atomic mass is 19.1. The zero-order valence-electron chi connectivity index (χ0n) is 11.7. The molecule has 0 radical (unpaired) electrons. The van der Waals surface area contributed by atoms with Gasteiger partial charge >= 0.3 is 0 Å². The molecule has 0 aliphatic rings. The number of ether oxygens (including phenoxy) is 1. The zero-order valence-corrected chi connectivity index (χ0v) is 11.7. The van der Waals surface area contributed by atoms with Crippen LogP contribution in [0.15, 0.2) is 42.5 Å². The van der Waals surface area contributed by atoms with E-state index in [1.807, 2.05) is 31.2 Å². The predicted molar refractivity (Wildman–Crippen MR) is 80.9 cm³/mol. The van der Waals surface area contributed by atoms with Crippen molar-refractivity contribution < 1.29 is 9.13 Å². The Morgan fingerprint density at radius 2 is 2.05 bits per heavy atom. The number of anilines is 3. The van der Waals surface area contributed by atoms with E-state index >= 15 is 0 Å². The van der Waals surface area contributed by atoms with Gasteiger partial charge in [0, 0.05) is 17.4 Å². The smallest absolute Gasteiger partial charge is 0.148 e. The zero-order chi connectivity index (χ0) is 14.5. The number of benzene rings is 2. The van der Waals surface area contributed by atoms with Crippen molar-refractivity contribution in [2.24, 2.45) is 0 Å². The molecule has 0 aliphatic carbocycles. The highest BCUT2D eigenvalue weighted by Gasteiger charge is 2.05. The first-order valence-corrected chi connectivity index (χ1v) is 6.67. The third-order valence-corrected chi connectivity index (χ3v) is 3.02. The van der Waals surface area contributed by atoms with Crippen molar-refractivity contribution in [3.63, 3.8) is 0 Å². The van der Waals surface area contributed by atoms with Gasteiger partial charge in [0.15, 0.2) is 0 Å². The van der Waals surface area contributed by atoms with E-state index in [2.05, 4.69) is 12.2 Å². The van der Waals surface area contributed by atoms with Crippen LogP contribution in [0.5, 0.6) is 5.75 Å². The molecule has 0 bridgehead atoms.